The topological polar surface area (TPSA) is 58.6 Å². The maximum atomic E-state index is 10.6. The number of carboxylic acid groups (broad SMARTS) is 1. The molecule has 0 aliphatic rings. The van der Waals surface area contributed by atoms with Crippen LogP contribution in [-0.2, 0) is 14.3 Å². The van der Waals surface area contributed by atoms with Crippen molar-refractivity contribution in [1.29, 1.82) is 0 Å². The first-order chi connectivity index (χ1) is 10.9. The summed E-state index contributed by atoms with van der Waals surface area (Å²) in [4.78, 5) is 10.6. The second-order valence-corrected chi connectivity index (χ2v) is 6.81. The van der Waals surface area contributed by atoms with Gasteiger partial charge in [-0.05, 0) is 6.42 Å². The third-order valence-electron chi connectivity index (χ3n) is 3.65. The van der Waals surface area contributed by atoms with Gasteiger partial charge in [-0.1, -0.05) is 58.4 Å². The Bertz CT molecular complexity index is 329. The minimum atomic E-state index is -1.08. The maximum absolute atomic E-state index is 10.6. The average molecular weight is 329 g/mol. The third kappa shape index (κ3) is 15.6. The fourth-order valence-electron chi connectivity index (χ4n) is 2.45. The first-order valence-electron chi connectivity index (χ1n) is 8.77. The molecule has 0 atom stereocenters. The minimum Gasteiger partial charge on any atom is -0.544 e. The molecule has 0 aromatic rings. The van der Waals surface area contributed by atoms with Crippen LogP contribution in [0.4, 0.5) is 0 Å². The van der Waals surface area contributed by atoms with Crippen LogP contribution in [0.3, 0.4) is 0 Å². The lowest BCUT2D eigenvalue weighted by Crippen LogP contribution is -2.49. The number of nitrogens with zero attached hydrogens (tertiary/aromatic N) is 1. The molecule has 0 spiro atoms. The second kappa shape index (κ2) is 13.4. The summed E-state index contributed by atoms with van der Waals surface area (Å²) in [5.74, 6) is -0.541. The summed E-state index contributed by atoms with van der Waals surface area (Å²) in [5.41, 5.74) is 0. The number of rotatable bonds is 16. The van der Waals surface area contributed by atoms with Gasteiger partial charge in [0.05, 0.1) is 26.7 Å². The number of likely N-dealkylation sites (N-methyl/N-ethyl adjacent to an activating group) is 1. The lowest BCUT2D eigenvalue weighted by molar-refractivity contribution is -0.881. The van der Waals surface area contributed by atoms with Crippen molar-refractivity contribution in [3.8, 4) is 0 Å². The molecule has 5 nitrogen and oxygen atoms in total. The van der Waals surface area contributed by atoms with Crippen molar-refractivity contribution in [3.63, 3.8) is 0 Å². The average Bonchev–Trinajstić information content (AvgIpc) is 2.42. The molecule has 0 aromatic carbocycles. The second-order valence-electron chi connectivity index (χ2n) is 6.81. The number of carboxylic acids is 1. The molecule has 0 heterocycles. The van der Waals surface area contributed by atoms with Gasteiger partial charge >= 0.3 is 0 Å². The molecule has 0 aliphatic carbocycles. The Morgan fingerprint density at radius 3 is 2.13 bits per heavy atom. The Balaban J connectivity index is 3.44. The summed E-state index contributed by atoms with van der Waals surface area (Å²) in [6.45, 7) is 7.27. The van der Waals surface area contributed by atoms with E-state index in [0.717, 1.165) is 6.42 Å². The van der Waals surface area contributed by atoms with Crippen molar-refractivity contribution in [3.05, 3.63) is 12.3 Å². The first kappa shape index (κ1) is 21.9. The molecule has 0 amide bonds. The smallest absolute Gasteiger partial charge is 0.188 e. The summed E-state index contributed by atoms with van der Waals surface area (Å²) >= 11 is 0. The summed E-state index contributed by atoms with van der Waals surface area (Å²) in [6.07, 6.45) is 10.2. The number of ether oxygens (including phenoxy) is 2. The fourth-order valence-corrected chi connectivity index (χ4v) is 2.45. The summed E-state index contributed by atoms with van der Waals surface area (Å²) in [5, 5.41) is 10.6. The quantitative estimate of drug-likeness (QED) is 0.189. The molecule has 0 bridgehead atoms. The van der Waals surface area contributed by atoms with Crippen molar-refractivity contribution in [2.45, 2.75) is 58.3 Å². The zero-order valence-electron chi connectivity index (χ0n) is 15.3. The van der Waals surface area contributed by atoms with Gasteiger partial charge in [0.1, 0.15) is 18.8 Å². The minimum absolute atomic E-state index is 0.0680. The number of unbranched alkanes of at least 4 members (excludes halogenated alkanes) is 7. The van der Waals surface area contributed by atoms with E-state index in [4.69, 9.17) is 9.47 Å². The van der Waals surface area contributed by atoms with E-state index in [9.17, 15) is 9.90 Å². The normalized spacial score (nSPS) is 11.4. The molecule has 0 fully saturated rings. The standard InChI is InChI=1S/C18H35NO4/c1-5-6-7-8-9-10-11-12-13-22-16-23-17(2)14-19(3,4)15-18(20)21/h2,5-16H2,1,3-4H3. The number of hydrogen-bond acceptors (Lipinski definition) is 4. The van der Waals surface area contributed by atoms with E-state index in [-0.39, 0.29) is 17.8 Å². The molecule has 23 heavy (non-hydrogen) atoms. The molecule has 0 aromatic heterocycles. The van der Waals surface area contributed by atoms with Crippen LogP contribution in [0.5, 0.6) is 0 Å². The Labute approximate surface area is 141 Å². The molecule has 0 rings (SSSR count). The molecule has 0 saturated heterocycles. The first-order valence-corrected chi connectivity index (χ1v) is 8.77. The van der Waals surface area contributed by atoms with E-state index in [2.05, 4.69) is 13.5 Å². The van der Waals surface area contributed by atoms with Gasteiger partial charge in [0.15, 0.2) is 6.79 Å². The predicted octanol–water partition coefficient (Wildman–Crippen LogP) is 2.46. The molecule has 0 N–H and O–H groups in total. The highest BCUT2D eigenvalue weighted by molar-refractivity contribution is 5.65. The number of hydrogen-bond donors (Lipinski definition) is 0. The van der Waals surface area contributed by atoms with Gasteiger partial charge in [-0.15, -0.1) is 0 Å². The molecular formula is C18H35NO4. The van der Waals surface area contributed by atoms with Crippen LogP contribution in [0.15, 0.2) is 12.3 Å². The molecule has 0 saturated carbocycles. The Morgan fingerprint density at radius 2 is 1.57 bits per heavy atom. The van der Waals surface area contributed by atoms with Crippen LogP contribution in [0, 0.1) is 0 Å². The number of aliphatic carboxylic acids is 1. The lowest BCUT2D eigenvalue weighted by atomic mass is 10.1. The van der Waals surface area contributed by atoms with Crippen molar-refractivity contribution in [2.24, 2.45) is 0 Å². The van der Waals surface area contributed by atoms with Crippen LogP contribution in [0.25, 0.3) is 0 Å². The Hall–Kier alpha value is -1.07. The van der Waals surface area contributed by atoms with E-state index in [1.54, 1.807) is 14.1 Å². The Morgan fingerprint density at radius 1 is 1.00 bits per heavy atom. The molecular weight excluding hydrogens is 294 g/mol. The van der Waals surface area contributed by atoms with Crippen LogP contribution in [0.2, 0.25) is 0 Å². The van der Waals surface area contributed by atoms with Gasteiger partial charge in [-0.2, -0.15) is 0 Å². The molecule has 5 heteroatoms. The van der Waals surface area contributed by atoms with Crippen LogP contribution < -0.4 is 5.11 Å². The molecule has 136 valence electrons. The van der Waals surface area contributed by atoms with E-state index >= 15 is 0 Å². The van der Waals surface area contributed by atoms with Crippen molar-refractivity contribution >= 4 is 5.97 Å². The van der Waals surface area contributed by atoms with E-state index < -0.39 is 5.97 Å². The third-order valence-corrected chi connectivity index (χ3v) is 3.65. The van der Waals surface area contributed by atoms with Crippen LogP contribution in [0.1, 0.15) is 58.3 Å². The SMILES string of the molecule is C=C(C[N+](C)(C)CC(=O)[O-])OCOCCCCCCCCCC. The summed E-state index contributed by atoms with van der Waals surface area (Å²) in [7, 11) is 3.59. The highest BCUT2D eigenvalue weighted by atomic mass is 16.7. The highest BCUT2D eigenvalue weighted by Gasteiger charge is 2.17. The van der Waals surface area contributed by atoms with Gasteiger partial charge in [-0.3, -0.25) is 0 Å². The van der Waals surface area contributed by atoms with Crippen molar-refractivity contribution in [1.82, 2.24) is 0 Å². The zero-order valence-corrected chi connectivity index (χ0v) is 15.3. The molecule has 0 radical (unpaired) electrons. The number of carbonyl (C=O) groups is 1. The van der Waals surface area contributed by atoms with Crippen LogP contribution >= 0.6 is 0 Å². The van der Waals surface area contributed by atoms with Crippen molar-refractivity contribution < 1.29 is 23.9 Å². The predicted molar refractivity (Wildman–Crippen MR) is 90.5 cm³/mol. The molecule has 0 unspecified atom stereocenters. The lowest BCUT2D eigenvalue weighted by Gasteiger charge is -2.30. The maximum Gasteiger partial charge on any atom is 0.188 e. The largest absolute Gasteiger partial charge is 0.544 e. The van der Waals surface area contributed by atoms with Gasteiger partial charge in [0.2, 0.25) is 0 Å². The monoisotopic (exact) mass is 329 g/mol. The number of quaternary nitrogens is 1. The summed E-state index contributed by atoms with van der Waals surface area (Å²) in [6, 6.07) is 0. The van der Waals surface area contributed by atoms with Crippen LogP contribution in [-0.4, -0.2) is 51.0 Å². The van der Waals surface area contributed by atoms with E-state index in [1.165, 1.54) is 44.9 Å². The van der Waals surface area contributed by atoms with Gasteiger partial charge in [0.25, 0.3) is 0 Å². The fraction of sp³-hybridized carbons (Fsp3) is 0.833. The highest BCUT2D eigenvalue weighted by Crippen LogP contribution is 2.08. The van der Waals surface area contributed by atoms with Gasteiger partial charge < -0.3 is 23.9 Å². The van der Waals surface area contributed by atoms with Gasteiger partial charge in [0, 0.05) is 0 Å². The molecule has 0 aliphatic heterocycles. The summed E-state index contributed by atoms with van der Waals surface area (Å²) < 4.78 is 11.1. The van der Waals surface area contributed by atoms with E-state index in [0.29, 0.717) is 18.9 Å². The zero-order chi connectivity index (χ0) is 17.6. The van der Waals surface area contributed by atoms with E-state index in [1.807, 2.05) is 0 Å². The Kier molecular flexibility index (Phi) is 12.8. The van der Waals surface area contributed by atoms with Crippen molar-refractivity contribution in [2.75, 3.05) is 40.6 Å². The number of carbonyl (C=O) groups excluding carboxylic acids is 1. The van der Waals surface area contributed by atoms with Gasteiger partial charge in [-0.25, -0.2) is 0 Å².